The molecule has 23 heavy (non-hydrogen) atoms. The van der Waals surface area contributed by atoms with Gasteiger partial charge in [0.1, 0.15) is 5.82 Å². The molecule has 5 heteroatoms. The van der Waals surface area contributed by atoms with Crippen LogP contribution < -0.4 is 16.0 Å². The van der Waals surface area contributed by atoms with Crippen molar-refractivity contribution in [2.24, 2.45) is 5.92 Å². The zero-order valence-corrected chi connectivity index (χ0v) is 14.1. The number of nitrogens with two attached hydrogens (primary N) is 1. The fourth-order valence-corrected chi connectivity index (χ4v) is 3.88. The molecule has 4 nitrogen and oxygen atoms in total. The van der Waals surface area contributed by atoms with Crippen molar-refractivity contribution in [3.8, 4) is 0 Å². The molecule has 0 spiro atoms. The average molecular weight is 321 g/mol. The van der Waals surface area contributed by atoms with Crippen LogP contribution in [0.4, 0.5) is 15.8 Å². The quantitative estimate of drug-likeness (QED) is 0.841. The summed E-state index contributed by atoms with van der Waals surface area (Å²) in [7, 11) is 0. The minimum absolute atomic E-state index is 0.217. The molecular formula is C18H28FN3O. The maximum atomic E-state index is 14.0. The molecule has 2 heterocycles. The van der Waals surface area contributed by atoms with E-state index in [0.717, 1.165) is 39.0 Å². The third-order valence-electron chi connectivity index (χ3n) is 5.18. The van der Waals surface area contributed by atoms with Crippen LogP contribution in [0.25, 0.3) is 0 Å². The number of hydrogen-bond acceptors (Lipinski definition) is 4. The van der Waals surface area contributed by atoms with E-state index in [2.05, 4.69) is 24.1 Å². The van der Waals surface area contributed by atoms with E-state index in [-0.39, 0.29) is 5.82 Å². The van der Waals surface area contributed by atoms with E-state index in [0.29, 0.717) is 35.5 Å². The van der Waals surface area contributed by atoms with Gasteiger partial charge in [-0.2, -0.15) is 0 Å². The van der Waals surface area contributed by atoms with Crippen LogP contribution >= 0.6 is 0 Å². The van der Waals surface area contributed by atoms with E-state index in [4.69, 9.17) is 10.5 Å². The number of benzene rings is 1. The van der Waals surface area contributed by atoms with Crippen LogP contribution in [0.15, 0.2) is 18.2 Å². The molecule has 3 rings (SSSR count). The second kappa shape index (κ2) is 7.05. The van der Waals surface area contributed by atoms with Crippen molar-refractivity contribution in [3.63, 3.8) is 0 Å². The summed E-state index contributed by atoms with van der Waals surface area (Å²) in [6.45, 7) is 6.88. The average Bonchev–Trinajstić information content (AvgIpc) is 2.51. The number of ether oxygens (including phenoxy) is 1. The Kier molecular flexibility index (Phi) is 5.07. The van der Waals surface area contributed by atoms with E-state index < -0.39 is 0 Å². The monoisotopic (exact) mass is 321 g/mol. The van der Waals surface area contributed by atoms with Gasteiger partial charge in [-0.25, -0.2) is 4.39 Å². The minimum atomic E-state index is -0.217. The number of halogens is 1. The van der Waals surface area contributed by atoms with Gasteiger partial charge in [0.15, 0.2) is 0 Å². The van der Waals surface area contributed by atoms with Crippen LogP contribution in [0, 0.1) is 11.7 Å². The zero-order chi connectivity index (χ0) is 16.4. The molecule has 3 atom stereocenters. The van der Waals surface area contributed by atoms with Crippen LogP contribution in [0.3, 0.4) is 0 Å². The zero-order valence-electron chi connectivity index (χ0n) is 14.1. The first-order valence-electron chi connectivity index (χ1n) is 8.71. The van der Waals surface area contributed by atoms with Crippen molar-refractivity contribution in [2.45, 2.75) is 51.3 Å². The first-order chi connectivity index (χ1) is 11.0. The molecule has 128 valence electrons. The number of para-hydroxylation sites is 1. The summed E-state index contributed by atoms with van der Waals surface area (Å²) < 4.78 is 20.0. The lowest BCUT2D eigenvalue weighted by Gasteiger charge is -2.39. The van der Waals surface area contributed by atoms with Gasteiger partial charge in [-0.1, -0.05) is 6.07 Å². The third kappa shape index (κ3) is 3.78. The van der Waals surface area contributed by atoms with Crippen molar-refractivity contribution in [1.29, 1.82) is 0 Å². The van der Waals surface area contributed by atoms with Gasteiger partial charge in [0.05, 0.1) is 24.1 Å². The molecule has 2 saturated heterocycles. The van der Waals surface area contributed by atoms with E-state index in [9.17, 15) is 4.39 Å². The van der Waals surface area contributed by atoms with Crippen molar-refractivity contribution in [1.82, 2.24) is 5.32 Å². The van der Waals surface area contributed by atoms with Gasteiger partial charge >= 0.3 is 0 Å². The normalized spacial score (nSPS) is 29.7. The molecule has 3 N–H and O–H groups in total. The maximum Gasteiger partial charge on any atom is 0.148 e. The molecule has 0 saturated carbocycles. The number of anilines is 2. The first kappa shape index (κ1) is 16.5. The molecule has 1 aromatic carbocycles. The predicted molar refractivity (Wildman–Crippen MR) is 92.2 cm³/mol. The van der Waals surface area contributed by atoms with E-state index >= 15 is 0 Å². The standard InChI is InChI=1S/C18H28FN3O/c1-12-11-23-17(13(2)21-12)10-14-6-8-22(9-7-14)18-15(19)4-3-5-16(18)20/h3-5,12-14,17,21H,6-11,20H2,1-2H3/t12-,13-,17?/m0/s1. The predicted octanol–water partition coefficient (Wildman–Crippen LogP) is 2.78. The number of rotatable bonds is 3. The topological polar surface area (TPSA) is 50.5 Å². The molecule has 2 fully saturated rings. The first-order valence-corrected chi connectivity index (χ1v) is 8.71. The van der Waals surface area contributed by atoms with Gasteiger partial charge in [0.25, 0.3) is 0 Å². The van der Waals surface area contributed by atoms with Gasteiger partial charge in [0.2, 0.25) is 0 Å². The largest absolute Gasteiger partial charge is 0.397 e. The summed E-state index contributed by atoms with van der Waals surface area (Å²) in [6.07, 6.45) is 3.51. The molecule has 2 aliphatic heterocycles. The third-order valence-corrected chi connectivity index (χ3v) is 5.18. The number of morpholine rings is 1. The molecule has 1 aromatic rings. The Labute approximate surface area is 138 Å². The molecule has 0 radical (unpaired) electrons. The van der Waals surface area contributed by atoms with Gasteiger partial charge in [-0.15, -0.1) is 0 Å². The number of hydrogen-bond donors (Lipinski definition) is 2. The highest BCUT2D eigenvalue weighted by Gasteiger charge is 2.30. The Morgan fingerprint density at radius 1 is 1.30 bits per heavy atom. The van der Waals surface area contributed by atoms with Gasteiger partial charge < -0.3 is 20.7 Å². The minimum Gasteiger partial charge on any atom is -0.397 e. The Bertz CT molecular complexity index is 511. The van der Waals surface area contributed by atoms with E-state index in [1.165, 1.54) is 6.07 Å². The van der Waals surface area contributed by atoms with Gasteiger partial charge in [0, 0.05) is 25.2 Å². The van der Waals surface area contributed by atoms with Crippen molar-refractivity contribution < 1.29 is 9.13 Å². The van der Waals surface area contributed by atoms with Gasteiger partial charge in [-0.05, 0) is 51.2 Å². The van der Waals surface area contributed by atoms with Gasteiger partial charge in [-0.3, -0.25) is 0 Å². The van der Waals surface area contributed by atoms with E-state index in [1.54, 1.807) is 12.1 Å². The summed E-state index contributed by atoms with van der Waals surface area (Å²) in [5.74, 6) is 0.424. The van der Waals surface area contributed by atoms with E-state index in [1.807, 2.05) is 0 Å². The summed E-state index contributed by atoms with van der Waals surface area (Å²) >= 11 is 0. The van der Waals surface area contributed by atoms with Crippen molar-refractivity contribution in [3.05, 3.63) is 24.0 Å². The Balaban J connectivity index is 1.55. The smallest absolute Gasteiger partial charge is 0.148 e. The van der Waals surface area contributed by atoms with Crippen molar-refractivity contribution >= 4 is 11.4 Å². The Morgan fingerprint density at radius 2 is 2.04 bits per heavy atom. The van der Waals surface area contributed by atoms with Crippen LogP contribution in [0.1, 0.15) is 33.1 Å². The fourth-order valence-electron chi connectivity index (χ4n) is 3.88. The lowest BCUT2D eigenvalue weighted by Crippen LogP contribution is -2.52. The molecule has 1 unspecified atom stereocenters. The van der Waals surface area contributed by atoms with Crippen LogP contribution in [-0.2, 0) is 4.74 Å². The van der Waals surface area contributed by atoms with Crippen LogP contribution in [-0.4, -0.2) is 37.9 Å². The number of piperidine rings is 1. The molecule has 0 amide bonds. The number of nitrogens with zero attached hydrogens (tertiary/aromatic N) is 1. The van der Waals surface area contributed by atoms with Crippen molar-refractivity contribution in [2.75, 3.05) is 30.3 Å². The fraction of sp³-hybridized carbons (Fsp3) is 0.667. The molecule has 0 aliphatic carbocycles. The molecule has 2 aliphatic rings. The molecular weight excluding hydrogens is 293 g/mol. The lowest BCUT2D eigenvalue weighted by atomic mass is 9.88. The number of nitrogens with one attached hydrogen (secondary N) is 1. The summed E-state index contributed by atoms with van der Waals surface area (Å²) in [5.41, 5.74) is 7.06. The van der Waals surface area contributed by atoms with Crippen LogP contribution in [0.2, 0.25) is 0 Å². The molecule has 0 bridgehead atoms. The highest BCUT2D eigenvalue weighted by molar-refractivity contribution is 5.68. The highest BCUT2D eigenvalue weighted by Crippen LogP contribution is 2.32. The summed E-state index contributed by atoms with van der Waals surface area (Å²) in [6, 6.07) is 5.76. The number of nitrogen functional groups attached to an aromatic ring is 1. The lowest BCUT2D eigenvalue weighted by molar-refractivity contribution is -0.0329. The van der Waals surface area contributed by atoms with Crippen LogP contribution in [0.5, 0.6) is 0 Å². The SMILES string of the molecule is C[C@@H]1N[C@@H](C)COC1CC1CCN(c2c(N)cccc2F)CC1. The summed E-state index contributed by atoms with van der Waals surface area (Å²) in [5, 5.41) is 3.57. The Morgan fingerprint density at radius 3 is 2.70 bits per heavy atom. The Hall–Kier alpha value is -1.33. The summed E-state index contributed by atoms with van der Waals surface area (Å²) in [4.78, 5) is 2.09. The maximum absolute atomic E-state index is 14.0. The molecule has 0 aromatic heterocycles. The second-order valence-corrected chi connectivity index (χ2v) is 7.07. The highest BCUT2D eigenvalue weighted by atomic mass is 19.1. The second-order valence-electron chi connectivity index (χ2n) is 7.07.